The molecule has 5 heteroatoms. The molecule has 106 heavy (non-hydrogen) atoms. The lowest BCUT2D eigenvalue weighted by atomic mass is 9.33. The number of anilines is 5. The molecule has 3 atom stereocenters. The molecule has 0 radical (unpaired) electrons. The van der Waals surface area contributed by atoms with Crippen LogP contribution in [0.1, 0.15) is 142 Å². The first-order valence-electron chi connectivity index (χ1n) is 38.8. The van der Waals surface area contributed by atoms with Gasteiger partial charge in [-0.05, 0) is 228 Å². The van der Waals surface area contributed by atoms with Crippen LogP contribution in [0.3, 0.4) is 0 Å². The van der Waals surface area contributed by atoms with Crippen LogP contribution >= 0.6 is 0 Å². The van der Waals surface area contributed by atoms with Gasteiger partial charge in [-0.2, -0.15) is 0 Å². The number of nitrogens with one attached hydrogen (secondary N) is 1. The van der Waals surface area contributed by atoms with Crippen molar-refractivity contribution in [1.82, 2.24) is 9.13 Å². The van der Waals surface area contributed by atoms with Gasteiger partial charge in [0.25, 0.3) is 6.71 Å². The molecule has 4 heterocycles. The van der Waals surface area contributed by atoms with Crippen LogP contribution in [0.15, 0.2) is 290 Å². The van der Waals surface area contributed by atoms with Crippen molar-refractivity contribution in [2.45, 2.75) is 136 Å². The van der Waals surface area contributed by atoms with Crippen LogP contribution in [-0.4, -0.2) is 15.8 Å². The van der Waals surface area contributed by atoms with E-state index in [0.717, 1.165) is 82.1 Å². The van der Waals surface area contributed by atoms with Gasteiger partial charge in [-0.25, -0.2) is 0 Å². The highest BCUT2D eigenvalue weighted by molar-refractivity contribution is 7.00. The molecule has 1 N–H and O–H groups in total. The van der Waals surface area contributed by atoms with Gasteiger partial charge in [0, 0.05) is 72.7 Å². The monoisotopic (exact) mass is 1370 g/mol. The van der Waals surface area contributed by atoms with Crippen molar-refractivity contribution < 1.29 is 0 Å². The van der Waals surface area contributed by atoms with Gasteiger partial charge < -0.3 is 19.4 Å². The fourth-order valence-corrected chi connectivity index (χ4v) is 19.3. The van der Waals surface area contributed by atoms with E-state index in [1.165, 1.54) is 116 Å². The molecule has 14 aromatic rings. The highest BCUT2D eigenvalue weighted by Crippen LogP contribution is 2.63. The fourth-order valence-electron chi connectivity index (χ4n) is 19.3. The molecular formula is C101H93BN4. The van der Waals surface area contributed by atoms with E-state index in [-0.39, 0.29) is 34.3 Å². The third-order valence-corrected chi connectivity index (χ3v) is 24.7. The van der Waals surface area contributed by atoms with Crippen LogP contribution in [0.4, 0.5) is 28.4 Å². The molecular weight excluding hydrogens is 1280 g/mol. The first-order chi connectivity index (χ1) is 51.1. The Kier molecular flexibility index (Phi) is 15.0. The second kappa shape index (κ2) is 24.1. The molecule has 4 nitrogen and oxygen atoms in total. The summed E-state index contributed by atoms with van der Waals surface area (Å²) in [6.07, 6.45) is 14.6. The van der Waals surface area contributed by atoms with Gasteiger partial charge in [-0.3, -0.25) is 0 Å². The van der Waals surface area contributed by atoms with Gasteiger partial charge in [0.15, 0.2) is 0 Å². The summed E-state index contributed by atoms with van der Waals surface area (Å²) in [5, 5.41) is 9.57. The molecule has 520 valence electrons. The zero-order chi connectivity index (χ0) is 72.5. The molecule has 0 saturated heterocycles. The van der Waals surface area contributed by atoms with E-state index in [2.05, 4.69) is 382 Å². The van der Waals surface area contributed by atoms with Crippen LogP contribution in [0, 0.1) is 11.8 Å². The Morgan fingerprint density at radius 3 is 1.37 bits per heavy atom. The first kappa shape index (κ1) is 65.9. The van der Waals surface area contributed by atoms with Crippen molar-refractivity contribution in [3.05, 3.63) is 324 Å². The van der Waals surface area contributed by atoms with Gasteiger partial charge in [0.2, 0.25) is 0 Å². The number of rotatable bonds is 8. The Hall–Kier alpha value is -10.9. The first-order valence-corrected chi connectivity index (χ1v) is 38.8. The number of aromatic nitrogens is 2. The molecule has 0 spiro atoms. The van der Waals surface area contributed by atoms with Crippen LogP contribution in [0.25, 0.3) is 88.4 Å². The second-order valence-electron chi connectivity index (χ2n) is 35.2. The van der Waals surface area contributed by atoms with Crippen LogP contribution in [0.2, 0.25) is 0 Å². The van der Waals surface area contributed by atoms with E-state index in [4.69, 9.17) is 0 Å². The quantitative estimate of drug-likeness (QED) is 0.121. The van der Waals surface area contributed by atoms with Crippen LogP contribution in [0.5, 0.6) is 0 Å². The highest BCUT2D eigenvalue weighted by atomic mass is 15.2. The standard InChI is InChI=1S/C101H93BN4/c1-97(2,3)68-41-49-89-79(55-68)80-56-69(98(4,5)6)42-50-90(80)104(89)73-45-47-85-87(61-73)103-88-59-72(101(67-35-23-16-24-36-67)83-39-27-25-37-75(83)76-38-26-28-40-84(76)101)60-94-95(88)102(85)86-48-46-74(105-91-51-43-70(99(7,8)9)57-81(91)82-58-71(100(10,11)12)44-52-92(82)105)62-93(86)106(94)96-77(64-31-19-14-20-32-64)53-66(63-29-17-13-18-30-63)54-78(96)65-33-21-15-22-34-65/h13-24,27-36,39-62,75,83,103H,25-26,37-38H2,1-12H3. The topological polar surface area (TPSA) is 25.1 Å². The van der Waals surface area contributed by atoms with Crippen molar-refractivity contribution in [3.63, 3.8) is 0 Å². The summed E-state index contributed by atoms with van der Waals surface area (Å²) >= 11 is 0. The average Bonchev–Trinajstić information content (AvgIpc) is 1.58. The predicted molar refractivity (Wildman–Crippen MR) is 453 cm³/mol. The predicted octanol–water partition coefficient (Wildman–Crippen LogP) is 25.0. The summed E-state index contributed by atoms with van der Waals surface area (Å²) in [6, 6.07) is 99.6. The van der Waals surface area contributed by atoms with E-state index in [1.807, 2.05) is 0 Å². The average molecular weight is 1370 g/mol. The number of benzene rings is 12. The lowest BCUT2D eigenvalue weighted by Gasteiger charge is -2.45. The summed E-state index contributed by atoms with van der Waals surface area (Å²) in [7, 11) is 0. The Balaban J connectivity index is 0.956. The maximum Gasteiger partial charge on any atom is 0.252 e. The molecule has 5 aliphatic rings. The van der Waals surface area contributed by atoms with E-state index in [0.29, 0.717) is 5.92 Å². The molecule has 12 aromatic carbocycles. The molecule has 0 amide bonds. The van der Waals surface area contributed by atoms with Gasteiger partial charge in [-0.1, -0.05) is 271 Å². The minimum atomic E-state index is -0.531. The maximum atomic E-state index is 4.45. The Bertz CT molecular complexity index is 5830. The molecule has 0 bridgehead atoms. The van der Waals surface area contributed by atoms with E-state index in [1.54, 1.807) is 5.57 Å². The third kappa shape index (κ3) is 10.3. The number of fused-ring (bicyclic) bond motifs is 12. The van der Waals surface area contributed by atoms with Gasteiger partial charge in [-0.15, -0.1) is 0 Å². The summed E-state index contributed by atoms with van der Waals surface area (Å²) in [5.74, 6) is 0.609. The van der Waals surface area contributed by atoms with Gasteiger partial charge in [0.05, 0.1) is 33.2 Å². The van der Waals surface area contributed by atoms with Crippen molar-refractivity contribution >= 4 is 95.1 Å². The van der Waals surface area contributed by atoms with Crippen molar-refractivity contribution in [3.8, 4) is 44.8 Å². The van der Waals surface area contributed by atoms with E-state index >= 15 is 0 Å². The SMILES string of the molecule is CC(C)(C)c1ccc2c(c1)c1cc(C(C)(C)C)ccc1n2-c1ccc2c(c1)Nc1cc(C3(c4ccccc4)C4=C(CCC=C4)C4CCC=CC43)cc3c1B2c1ccc(-n2c4ccc(C(C)(C)C)cc4c4cc(C(C)(C)C)ccc42)cc1N3c1c(-c2ccccc2)cc(-c2ccccc2)cc1-c1ccccc1. The third-order valence-electron chi connectivity index (χ3n) is 24.7. The largest absolute Gasteiger partial charge is 0.356 e. The fraction of sp³-hybridized carbons (Fsp3) is 0.228. The second-order valence-corrected chi connectivity index (χ2v) is 35.2. The van der Waals surface area contributed by atoms with Crippen LogP contribution in [-0.2, 0) is 27.1 Å². The Morgan fingerprint density at radius 2 is 0.868 bits per heavy atom. The van der Waals surface area contributed by atoms with Crippen molar-refractivity contribution in [2.24, 2.45) is 11.8 Å². The van der Waals surface area contributed by atoms with Crippen molar-refractivity contribution in [1.29, 1.82) is 0 Å². The number of hydrogen-bond donors (Lipinski definition) is 1. The molecule has 3 unspecified atom stereocenters. The summed E-state index contributed by atoms with van der Waals surface area (Å²) in [4.78, 5) is 2.77. The van der Waals surface area contributed by atoms with Gasteiger partial charge >= 0.3 is 0 Å². The summed E-state index contributed by atoms with van der Waals surface area (Å²) < 4.78 is 5.13. The number of hydrogen-bond acceptors (Lipinski definition) is 2. The molecule has 3 aliphatic carbocycles. The van der Waals surface area contributed by atoms with Crippen molar-refractivity contribution in [2.75, 3.05) is 10.2 Å². The minimum Gasteiger partial charge on any atom is -0.356 e. The number of nitrogens with zero attached hydrogens (tertiary/aromatic N) is 3. The highest BCUT2D eigenvalue weighted by Gasteiger charge is 2.56. The smallest absolute Gasteiger partial charge is 0.252 e. The molecule has 0 fully saturated rings. The lowest BCUT2D eigenvalue weighted by Crippen LogP contribution is -2.60. The molecule has 19 rings (SSSR count). The normalized spacial score (nSPS) is 17.6. The molecule has 0 saturated carbocycles. The molecule has 2 aromatic heterocycles. The Labute approximate surface area is 626 Å². The minimum absolute atomic E-state index is 0.0253. The lowest BCUT2D eigenvalue weighted by molar-refractivity contribution is 0.351. The summed E-state index contributed by atoms with van der Waals surface area (Å²) in [5.41, 5.74) is 34.0. The Morgan fingerprint density at radius 1 is 0.396 bits per heavy atom. The zero-order valence-corrected chi connectivity index (χ0v) is 63.5. The molecule has 2 aliphatic heterocycles. The van der Waals surface area contributed by atoms with E-state index < -0.39 is 5.41 Å². The zero-order valence-electron chi connectivity index (χ0n) is 63.5. The summed E-state index contributed by atoms with van der Waals surface area (Å²) in [6.45, 7) is 27.9. The van der Waals surface area contributed by atoms with E-state index in [9.17, 15) is 0 Å². The maximum absolute atomic E-state index is 4.45. The van der Waals surface area contributed by atoms with Gasteiger partial charge in [0.1, 0.15) is 0 Å². The number of allylic oxidation sites excluding steroid dienone is 6. The van der Waals surface area contributed by atoms with Crippen LogP contribution < -0.4 is 26.6 Å².